The van der Waals surface area contributed by atoms with Gasteiger partial charge in [-0.25, -0.2) is 4.79 Å². The van der Waals surface area contributed by atoms with Crippen molar-refractivity contribution in [3.63, 3.8) is 0 Å². The number of aliphatic hydroxyl groups excluding tert-OH is 1. The lowest BCUT2D eigenvalue weighted by molar-refractivity contribution is -0.188. The van der Waals surface area contributed by atoms with Crippen LogP contribution >= 0.6 is 0 Å². The minimum atomic E-state index is -1.41. The summed E-state index contributed by atoms with van der Waals surface area (Å²) in [7, 11) is 1.23. The highest BCUT2D eigenvalue weighted by Gasteiger charge is 2.65. The Labute approximate surface area is 190 Å². The normalized spacial score (nSPS) is 38.3. The number of aliphatic carboxylic acids is 1. The van der Waals surface area contributed by atoms with E-state index >= 15 is 0 Å². The lowest BCUT2D eigenvalue weighted by atomic mass is 9.44. The number of fused-ring (bicyclic) bond motifs is 1. The van der Waals surface area contributed by atoms with Crippen molar-refractivity contribution in [1.29, 1.82) is 0 Å². The Bertz CT molecular complexity index is 949. The van der Waals surface area contributed by atoms with Crippen LogP contribution in [0, 0.1) is 28.6 Å². The summed E-state index contributed by atoms with van der Waals surface area (Å²) in [5.41, 5.74) is -2.31. The first-order chi connectivity index (χ1) is 15.3. The Morgan fingerprint density at radius 2 is 1.88 bits per heavy atom. The van der Waals surface area contributed by atoms with Crippen molar-refractivity contribution in [3.8, 4) is 0 Å². The first kappa shape index (κ1) is 24.6. The zero-order valence-electron chi connectivity index (χ0n) is 18.9. The number of esters is 3. The average Bonchev–Trinajstić information content (AvgIpc) is 3.04. The van der Waals surface area contributed by atoms with Gasteiger partial charge in [-0.2, -0.15) is 0 Å². The van der Waals surface area contributed by atoms with Gasteiger partial charge in [0.15, 0.2) is 11.9 Å². The molecule has 7 atom stereocenters. The molecule has 33 heavy (non-hydrogen) atoms. The monoisotopic (exact) mass is 464 g/mol. The molecule has 3 rings (SSSR count). The van der Waals surface area contributed by atoms with Crippen LogP contribution < -0.4 is 0 Å². The van der Waals surface area contributed by atoms with E-state index in [9.17, 15) is 34.2 Å². The maximum atomic E-state index is 13.7. The molecule has 0 unspecified atom stereocenters. The lowest BCUT2D eigenvalue weighted by Gasteiger charge is -2.58. The van der Waals surface area contributed by atoms with E-state index in [1.807, 2.05) is 0 Å². The van der Waals surface area contributed by atoms with Crippen LogP contribution in [0.1, 0.15) is 40.0 Å². The number of Topliss-reactive ketones (excluding diaryl/α,β-unsaturated/α-hetero) is 1. The number of carboxylic acid groups (broad SMARTS) is 1. The van der Waals surface area contributed by atoms with Gasteiger partial charge in [0.2, 0.25) is 6.29 Å². The van der Waals surface area contributed by atoms with Gasteiger partial charge in [-0.3, -0.25) is 19.2 Å². The van der Waals surface area contributed by atoms with Gasteiger partial charge in [0.25, 0.3) is 0 Å². The zero-order chi connectivity index (χ0) is 24.7. The van der Waals surface area contributed by atoms with Gasteiger partial charge in [0, 0.05) is 24.7 Å². The summed E-state index contributed by atoms with van der Waals surface area (Å²) in [6.07, 6.45) is 1.69. The Hall–Kier alpha value is -3.01. The first-order valence-corrected chi connectivity index (χ1v) is 10.7. The zero-order valence-corrected chi connectivity index (χ0v) is 18.9. The Kier molecular flexibility index (Phi) is 6.52. The fourth-order valence-corrected chi connectivity index (χ4v) is 5.86. The molecule has 2 N–H and O–H groups in total. The number of allylic oxidation sites excluding steroid dienone is 1. The van der Waals surface area contributed by atoms with Crippen molar-refractivity contribution >= 4 is 29.7 Å². The smallest absolute Gasteiger partial charge is 0.340 e. The van der Waals surface area contributed by atoms with Gasteiger partial charge >= 0.3 is 23.9 Å². The summed E-state index contributed by atoms with van der Waals surface area (Å²) in [6, 6.07) is 0. The highest BCUT2D eigenvalue weighted by atomic mass is 16.6. The predicted molar refractivity (Wildman–Crippen MR) is 110 cm³/mol. The third-order valence-corrected chi connectivity index (χ3v) is 7.35. The second-order valence-electron chi connectivity index (χ2n) is 9.30. The molecule has 10 nitrogen and oxygen atoms in total. The SMILES string of the molecule is COC(=O)[C@@H]1C[C@H](OC(C)=O)C(=O)[C@@H]2[C@](C)(/C=C/C3=C[C@H](O)OC3=O)[C@H](C(=O)O)CC[C@]21C. The standard InChI is InChI=1S/C23H28O10/c1-11(24)32-15-10-14(21(30)31-4)23(3)8-6-13(19(27)28)22(2,18(23)17(15)26)7-5-12-9-16(25)33-20(12)29/h5,7,9,13-16,18,25H,6,8,10H2,1-4H3,(H,27,28)/b7-5+/t13-,14-,15-,16+,18+,22+,23-/m0/s1. The maximum absolute atomic E-state index is 13.7. The van der Waals surface area contributed by atoms with Gasteiger partial charge in [-0.15, -0.1) is 0 Å². The number of carboxylic acids is 1. The number of cyclic esters (lactones) is 1. The lowest BCUT2D eigenvalue weighted by Crippen LogP contribution is -2.63. The number of methoxy groups -OCH3 is 1. The second kappa shape index (κ2) is 8.74. The highest BCUT2D eigenvalue weighted by molar-refractivity contribution is 5.95. The van der Waals surface area contributed by atoms with Crippen molar-refractivity contribution in [1.82, 2.24) is 0 Å². The Balaban J connectivity index is 2.15. The summed E-state index contributed by atoms with van der Waals surface area (Å²) in [5, 5.41) is 19.5. The third-order valence-electron chi connectivity index (χ3n) is 7.35. The highest BCUT2D eigenvalue weighted by Crippen LogP contribution is 2.62. The van der Waals surface area contributed by atoms with E-state index in [2.05, 4.69) is 4.74 Å². The maximum Gasteiger partial charge on any atom is 0.340 e. The van der Waals surface area contributed by atoms with Crippen molar-refractivity contribution in [2.45, 2.75) is 52.4 Å². The molecule has 3 aliphatic rings. The third kappa shape index (κ3) is 4.19. The fraction of sp³-hybridized carbons (Fsp3) is 0.609. The van der Waals surface area contributed by atoms with Crippen LogP contribution in [0.15, 0.2) is 23.8 Å². The molecule has 2 fully saturated rings. The number of hydrogen-bond acceptors (Lipinski definition) is 9. The summed E-state index contributed by atoms with van der Waals surface area (Å²) in [6.45, 7) is 4.49. The van der Waals surface area contributed by atoms with E-state index in [0.29, 0.717) is 0 Å². The molecular formula is C23H28O10. The molecule has 0 aromatic heterocycles. The predicted octanol–water partition coefficient (Wildman–Crippen LogP) is 1.16. The van der Waals surface area contributed by atoms with E-state index in [1.165, 1.54) is 25.3 Å². The van der Waals surface area contributed by atoms with Gasteiger partial charge in [0.1, 0.15) is 0 Å². The van der Waals surface area contributed by atoms with Gasteiger partial charge in [-0.1, -0.05) is 26.0 Å². The molecular weight excluding hydrogens is 436 g/mol. The minimum Gasteiger partial charge on any atom is -0.481 e. The van der Waals surface area contributed by atoms with Crippen LogP contribution in [-0.4, -0.2) is 59.4 Å². The molecule has 0 amide bonds. The molecule has 0 saturated heterocycles. The number of hydrogen-bond donors (Lipinski definition) is 2. The summed E-state index contributed by atoms with van der Waals surface area (Å²) >= 11 is 0. The molecule has 0 aromatic rings. The van der Waals surface area contributed by atoms with Crippen LogP contribution in [0.25, 0.3) is 0 Å². The molecule has 2 aliphatic carbocycles. The van der Waals surface area contributed by atoms with E-state index in [-0.39, 0.29) is 24.8 Å². The number of aliphatic hydroxyl groups is 1. The number of carbonyl (C=O) groups is 5. The molecule has 2 saturated carbocycles. The van der Waals surface area contributed by atoms with E-state index in [4.69, 9.17) is 9.47 Å². The molecule has 1 heterocycles. The van der Waals surface area contributed by atoms with Gasteiger partial charge < -0.3 is 24.4 Å². The number of carbonyl (C=O) groups excluding carboxylic acids is 4. The molecule has 180 valence electrons. The Morgan fingerprint density at radius 3 is 2.39 bits per heavy atom. The van der Waals surface area contributed by atoms with Crippen LogP contribution in [0.3, 0.4) is 0 Å². The quantitative estimate of drug-likeness (QED) is 0.447. The van der Waals surface area contributed by atoms with Crippen LogP contribution in [0.5, 0.6) is 0 Å². The topological polar surface area (TPSA) is 154 Å². The molecule has 0 bridgehead atoms. The number of ketones is 1. The van der Waals surface area contributed by atoms with Gasteiger partial charge in [-0.05, 0) is 24.3 Å². The van der Waals surface area contributed by atoms with Crippen LogP contribution in [0.2, 0.25) is 0 Å². The first-order valence-electron chi connectivity index (χ1n) is 10.7. The fourth-order valence-electron chi connectivity index (χ4n) is 5.86. The minimum absolute atomic E-state index is 0.0180. The molecule has 10 heteroatoms. The van der Waals surface area contributed by atoms with Crippen LogP contribution in [-0.2, 0) is 38.2 Å². The summed E-state index contributed by atoms with van der Waals surface area (Å²) in [4.78, 5) is 62.2. The summed E-state index contributed by atoms with van der Waals surface area (Å²) in [5.74, 6) is -6.52. The van der Waals surface area contributed by atoms with Crippen molar-refractivity contribution in [2.24, 2.45) is 28.6 Å². The van der Waals surface area contributed by atoms with Crippen molar-refractivity contribution in [2.75, 3.05) is 7.11 Å². The Morgan fingerprint density at radius 1 is 1.21 bits per heavy atom. The van der Waals surface area contributed by atoms with E-state index < -0.39 is 70.6 Å². The largest absolute Gasteiger partial charge is 0.481 e. The molecule has 0 aromatic carbocycles. The summed E-state index contributed by atoms with van der Waals surface area (Å²) < 4.78 is 14.9. The number of ether oxygens (including phenoxy) is 3. The molecule has 0 radical (unpaired) electrons. The van der Waals surface area contributed by atoms with E-state index in [1.54, 1.807) is 13.8 Å². The number of rotatable bonds is 5. The van der Waals surface area contributed by atoms with Crippen LogP contribution in [0.4, 0.5) is 0 Å². The van der Waals surface area contributed by atoms with Crippen molar-refractivity contribution in [3.05, 3.63) is 23.8 Å². The van der Waals surface area contributed by atoms with E-state index in [0.717, 1.165) is 6.92 Å². The molecule has 0 spiro atoms. The second-order valence-corrected chi connectivity index (χ2v) is 9.30. The average molecular weight is 464 g/mol. The van der Waals surface area contributed by atoms with Crippen molar-refractivity contribution < 1.29 is 48.4 Å². The van der Waals surface area contributed by atoms with Gasteiger partial charge in [0.05, 0.1) is 24.5 Å². The molecule has 1 aliphatic heterocycles.